The van der Waals surface area contributed by atoms with Gasteiger partial charge in [-0.1, -0.05) is 15.9 Å². The number of benzene rings is 1. The van der Waals surface area contributed by atoms with Gasteiger partial charge in [-0.05, 0) is 25.1 Å². The molecule has 3 N–H and O–H groups in total. The number of halogens is 4. The predicted octanol–water partition coefficient (Wildman–Crippen LogP) is 2.30. The van der Waals surface area contributed by atoms with E-state index in [9.17, 15) is 22.8 Å². The smallest absolute Gasteiger partial charge is 0.417 e. The van der Waals surface area contributed by atoms with Gasteiger partial charge in [0.05, 0.1) is 12.2 Å². The Morgan fingerprint density at radius 1 is 1.43 bits per heavy atom. The molecule has 9 heteroatoms. The van der Waals surface area contributed by atoms with Gasteiger partial charge >= 0.3 is 12.1 Å². The van der Waals surface area contributed by atoms with Crippen molar-refractivity contribution >= 4 is 33.5 Å². The van der Waals surface area contributed by atoms with Gasteiger partial charge in [0.25, 0.3) is 5.91 Å². The first-order valence-corrected chi connectivity index (χ1v) is 6.56. The summed E-state index contributed by atoms with van der Waals surface area (Å²) in [4.78, 5) is 22.9. The Morgan fingerprint density at radius 2 is 2.05 bits per heavy atom. The van der Waals surface area contributed by atoms with Crippen LogP contribution in [0.2, 0.25) is 0 Å². The number of amides is 1. The number of hydrogen-bond acceptors (Lipinski definition) is 4. The van der Waals surface area contributed by atoms with Crippen molar-refractivity contribution in [3.63, 3.8) is 0 Å². The Kier molecular flexibility index (Phi) is 5.73. The van der Waals surface area contributed by atoms with E-state index >= 15 is 0 Å². The number of carbonyl (C=O) groups excluding carboxylic acids is 2. The summed E-state index contributed by atoms with van der Waals surface area (Å²) < 4.78 is 42.5. The first-order valence-electron chi connectivity index (χ1n) is 5.76. The molecule has 0 aliphatic carbocycles. The largest absolute Gasteiger partial charge is 0.464 e. The molecule has 0 fully saturated rings. The van der Waals surface area contributed by atoms with Crippen molar-refractivity contribution in [2.75, 3.05) is 11.9 Å². The summed E-state index contributed by atoms with van der Waals surface area (Å²) in [5, 5.41) is 2.14. The molecule has 0 saturated carbocycles. The topological polar surface area (TPSA) is 81.4 Å². The summed E-state index contributed by atoms with van der Waals surface area (Å²) in [6.45, 7) is 1.57. The zero-order chi connectivity index (χ0) is 16.2. The van der Waals surface area contributed by atoms with Gasteiger partial charge in [0.1, 0.15) is 0 Å². The van der Waals surface area contributed by atoms with Crippen LogP contribution < -0.4 is 11.1 Å². The van der Waals surface area contributed by atoms with Crippen molar-refractivity contribution in [3.8, 4) is 0 Å². The fraction of sp³-hybridized carbons (Fsp3) is 0.333. The van der Waals surface area contributed by atoms with Crippen LogP contribution in [0.3, 0.4) is 0 Å². The van der Waals surface area contributed by atoms with Crippen LogP contribution in [0.15, 0.2) is 22.7 Å². The Morgan fingerprint density at radius 3 is 2.57 bits per heavy atom. The molecule has 21 heavy (non-hydrogen) atoms. The third-order valence-corrected chi connectivity index (χ3v) is 3.05. The number of nitrogens with one attached hydrogen (secondary N) is 1. The van der Waals surface area contributed by atoms with E-state index in [1.807, 2.05) is 0 Å². The van der Waals surface area contributed by atoms with Crippen LogP contribution in [0.4, 0.5) is 18.9 Å². The average Bonchev–Trinajstić information content (AvgIpc) is 2.39. The highest BCUT2D eigenvalue weighted by Gasteiger charge is 2.33. The number of hydrogen-bond donors (Lipinski definition) is 2. The minimum atomic E-state index is -4.58. The van der Waals surface area contributed by atoms with E-state index < -0.39 is 29.7 Å². The molecule has 1 atom stereocenters. The van der Waals surface area contributed by atoms with Gasteiger partial charge in [-0.2, -0.15) is 13.2 Å². The Balaban J connectivity index is 2.89. The molecule has 1 rings (SSSR count). The van der Waals surface area contributed by atoms with Crippen molar-refractivity contribution in [3.05, 3.63) is 28.2 Å². The second-order valence-electron chi connectivity index (χ2n) is 3.91. The van der Waals surface area contributed by atoms with Crippen molar-refractivity contribution < 1.29 is 27.5 Å². The summed E-state index contributed by atoms with van der Waals surface area (Å²) in [6.07, 6.45) is -4.58. The number of alkyl halides is 3. The molecule has 1 amide bonds. The maximum absolute atomic E-state index is 12.7. The number of esters is 1. The van der Waals surface area contributed by atoms with Gasteiger partial charge in [-0.25, -0.2) is 4.79 Å². The number of anilines is 1. The highest BCUT2D eigenvalue weighted by Crippen LogP contribution is 2.36. The van der Waals surface area contributed by atoms with Crippen LogP contribution in [-0.4, -0.2) is 24.5 Å². The molecule has 0 heterocycles. The number of nitrogens with two attached hydrogens (primary N) is 1. The van der Waals surface area contributed by atoms with Crippen LogP contribution in [0, 0.1) is 0 Å². The first-order chi connectivity index (χ1) is 9.66. The van der Waals surface area contributed by atoms with Crippen LogP contribution in [0.5, 0.6) is 0 Å². The monoisotopic (exact) mass is 368 g/mol. The lowest BCUT2D eigenvalue weighted by Gasteiger charge is -2.14. The summed E-state index contributed by atoms with van der Waals surface area (Å²) in [5.41, 5.74) is 4.25. The van der Waals surface area contributed by atoms with Crippen molar-refractivity contribution in [1.82, 2.24) is 0 Å². The second-order valence-corrected chi connectivity index (χ2v) is 4.77. The van der Waals surface area contributed by atoms with E-state index in [0.29, 0.717) is 0 Å². The normalized spacial score (nSPS) is 12.7. The maximum atomic E-state index is 12.7. The molecule has 0 aromatic heterocycles. The first kappa shape index (κ1) is 17.4. The fourth-order valence-corrected chi connectivity index (χ4v) is 1.85. The number of ether oxygens (including phenoxy) is 1. The predicted molar refractivity (Wildman–Crippen MR) is 72.4 cm³/mol. The molecular weight excluding hydrogens is 357 g/mol. The molecule has 0 spiro atoms. The second kappa shape index (κ2) is 6.90. The van der Waals surface area contributed by atoms with Crippen LogP contribution in [-0.2, 0) is 20.5 Å². The minimum absolute atomic E-state index is 0.0380. The number of rotatable bonds is 4. The lowest BCUT2D eigenvalue weighted by molar-refractivity contribution is -0.147. The molecule has 0 aliphatic rings. The minimum Gasteiger partial charge on any atom is -0.464 e. The highest BCUT2D eigenvalue weighted by molar-refractivity contribution is 9.10. The van der Waals surface area contributed by atoms with E-state index in [2.05, 4.69) is 26.0 Å². The molecule has 1 unspecified atom stereocenters. The molecule has 0 aliphatic heterocycles. The molecule has 0 radical (unpaired) electrons. The fourth-order valence-electron chi connectivity index (χ4n) is 1.38. The molecule has 1 aromatic rings. The molecular formula is C12H12BrF3N2O3. The van der Waals surface area contributed by atoms with E-state index in [1.165, 1.54) is 13.0 Å². The lowest BCUT2D eigenvalue weighted by atomic mass is 10.2. The van der Waals surface area contributed by atoms with Gasteiger partial charge in [0, 0.05) is 10.2 Å². The van der Waals surface area contributed by atoms with E-state index in [4.69, 9.17) is 5.73 Å². The van der Waals surface area contributed by atoms with Crippen molar-refractivity contribution in [2.24, 2.45) is 5.73 Å². The van der Waals surface area contributed by atoms with Crippen LogP contribution >= 0.6 is 15.9 Å². The van der Waals surface area contributed by atoms with Gasteiger partial charge in [0.2, 0.25) is 0 Å². The maximum Gasteiger partial charge on any atom is 0.417 e. The Labute approximate surface area is 126 Å². The molecule has 0 bridgehead atoms. The standard InChI is InChI=1S/C12H12BrF3N2O3/c1-2-21-11(20)9(17)10(19)18-6-3-4-8(13)7(5-6)12(14,15)16/h3-5,9H,2,17H2,1H3,(H,18,19). The molecule has 1 aromatic carbocycles. The zero-order valence-electron chi connectivity index (χ0n) is 10.8. The van der Waals surface area contributed by atoms with Gasteiger partial charge in [0.15, 0.2) is 6.04 Å². The summed E-state index contributed by atoms with van der Waals surface area (Å²) in [6, 6.07) is 1.51. The SMILES string of the molecule is CCOC(=O)C(N)C(=O)Nc1ccc(Br)c(C(F)(F)F)c1. The number of carbonyl (C=O) groups is 2. The van der Waals surface area contributed by atoms with Gasteiger partial charge < -0.3 is 15.8 Å². The quantitative estimate of drug-likeness (QED) is 0.631. The lowest BCUT2D eigenvalue weighted by Crippen LogP contribution is -2.43. The van der Waals surface area contributed by atoms with Crippen LogP contribution in [0.1, 0.15) is 12.5 Å². The van der Waals surface area contributed by atoms with Gasteiger partial charge in [-0.3, -0.25) is 4.79 Å². The van der Waals surface area contributed by atoms with Crippen LogP contribution in [0.25, 0.3) is 0 Å². The third-order valence-electron chi connectivity index (χ3n) is 2.36. The third kappa shape index (κ3) is 4.71. The molecule has 0 saturated heterocycles. The molecule has 5 nitrogen and oxygen atoms in total. The summed E-state index contributed by atoms with van der Waals surface area (Å²) in [5.74, 6) is -1.91. The average molecular weight is 369 g/mol. The van der Waals surface area contributed by atoms with E-state index in [-0.39, 0.29) is 16.8 Å². The Hall–Kier alpha value is -1.61. The zero-order valence-corrected chi connectivity index (χ0v) is 12.4. The highest BCUT2D eigenvalue weighted by atomic mass is 79.9. The van der Waals surface area contributed by atoms with Crippen molar-refractivity contribution in [1.29, 1.82) is 0 Å². The van der Waals surface area contributed by atoms with Crippen molar-refractivity contribution in [2.45, 2.75) is 19.1 Å². The summed E-state index contributed by atoms with van der Waals surface area (Å²) >= 11 is 2.77. The molecule has 116 valence electrons. The van der Waals surface area contributed by atoms with Gasteiger partial charge in [-0.15, -0.1) is 0 Å². The van der Waals surface area contributed by atoms with E-state index in [0.717, 1.165) is 12.1 Å². The summed E-state index contributed by atoms with van der Waals surface area (Å²) in [7, 11) is 0. The Bertz CT molecular complexity index is 549. The van der Waals surface area contributed by atoms with E-state index in [1.54, 1.807) is 0 Å².